The molecular weight excluding hydrogens is 358 g/mol. The molecule has 7 nitrogen and oxygen atoms in total. The number of carbonyl (C=O) groups is 3. The first-order chi connectivity index (χ1) is 13.2. The Kier molecular flexibility index (Phi) is 5.63. The van der Waals surface area contributed by atoms with Crippen molar-refractivity contribution in [1.82, 2.24) is 15.1 Å². The molecule has 0 aromatic heterocycles. The molecule has 2 saturated heterocycles. The molecule has 2 unspecified atom stereocenters. The molecule has 2 aliphatic heterocycles. The van der Waals surface area contributed by atoms with E-state index in [4.69, 9.17) is 4.74 Å². The van der Waals surface area contributed by atoms with Gasteiger partial charge in [0.05, 0.1) is 18.1 Å². The van der Waals surface area contributed by atoms with Gasteiger partial charge >= 0.3 is 12.1 Å². The first-order valence-corrected chi connectivity index (χ1v) is 9.84. The molecule has 0 bridgehead atoms. The molecule has 0 saturated carbocycles. The highest BCUT2D eigenvalue weighted by Crippen LogP contribution is 2.32. The molecule has 0 aliphatic carbocycles. The van der Waals surface area contributed by atoms with Crippen molar-refractivity contribution in [3.8, 4) is 0 Å². The Bertz CT molecular complexity index is 744. The van der Waals surface area contributed by atoms with E-state index in [0.29, 0.717) is 6.54 Å². The number of ether oxygens (including phenoxy) is 1. The van der Waals surface area contributed by atoms with E-state index in [9.17, 15) is 14.4 Å². The van der Waals surface area contributed by atoms with E-state index >= 15 is 0 Å². The number of alkyl carbamates (subject to hydrolysis) is 1. The fourth-order valence-electron chi connectivity index (χ4n) is 3.96. The lowest BCUT2D eigenvalue weighted by molar-refractivity contribution is -0.135. The zero-order valence-electron chi connectivity index (χ0n) is 17.0. The van der Waals surface area contributed by atoms with E-state index in [2.05, 4.69) is 5.32 Å². The van der Waals surface area contributed by atoms with Crippen molar-refractivity contribution in [2.24, 2.45) is 0 Å². The second-order valence-electron chi connectivity index (χ2n) is 8.49. The maximum Gasteiger partial charge on any atom is 0.407 e. The van der Waals surface area contributed by atoms with Crippen molar-refractivity contribution >= 4 is 18.0 Å². The summed E-state index contributed by atoms with van der Waals surface area (Å²) in [4.78, 5) is 41.3. The number of hydrogen-bond acceptors (Lipinski definition) is 4. The van der Waals surface area contributed by atoms with Crippen LogP contribution in [0.5, 0.6) is 0 Å². The zero-order chi connectivity index (χ0) is 20.5. The third-order valence-corrected chi connectivity index (χ3v) is 5.25. The molecule has 3 atom stereocenters. The molecule has 1 aromatic rings. The summed E-state index contributed by atoms with van der Waals surface area (Å²) < 4.78 is 5.34. The topological polar surface area (TPSA) is 79.0 Å². The van der Waals surface area contributed by atoms with Crippen LogP contribution in [0, 0.1) is 0 Å². The first kappa shape index (κ1) is 20.2. The Labute approximate surface area is 166 Å². The van der Waals surface area contributed by atoms with Crippen LogP contribution in [0.15, 0.2) is 30.3 Å². The molecule has 28 heavy (non-hydrogen) atoms. The Morgan fingerprint density at radius 1 is 1.21 bits per heavy atom. The fourth-order valence-corrected chi connectivity index (χ4v) is 3.96. The van der Waals surface area contributed by atoms with Gasteiger partial charge in [-0.1, -0.05) is 30.3 Å². The molecule has 2 fully saturated rings. The molecule has 2 heterocycles. The van der Waals surface area contributed by atoms with Crippen LogP contribution in [-0.2, 0) is 9.53 Å². The maximum atomic E-state index is 13.1. The highest BCUT2D eigenvalue weighted by atomic mass is 16.6. The molecule has 1 N–H and O–H groups in total. The van der Waals surface area contributed by atoms with Gasteiger partial charge in [-0.3, -0.25) is 9.69 Å². The van der Waals surface area contributed by atoms with Crippen LogP contribution in [0.3, 0.4) is 0 Å². The molecule has 2 aliphatic rings. The molecule has 0 radical (unpaired) electrons. The van der Waals surface area contributed by atoms with Crippen LogP contribution in [0.2, 0.25) is 0 Å². The van der Waals surface area contributed by atoms with Crippen LogP contribution in [-0.4, -0.2) is 52.1 Å². The molecule has 0 spiro atoms. The Hall–Kier alpha value is -2.57. The summed E-state index contributed by atoms with van der Waals surface area (Å²) in [5.41, 5.74) is 0.321. The summed E-state index contributed by atoms with van der Waals surface area (Å²) >= 11 is 0. The molecule has 3 rings (SSSR count). The molecular formula is C21H29N3O4. The van der Waals surface area contributed by atoms with Gasteiger partial charge in [0.25, 0.3) is 0 Å². The summed E-state index contributed by atoms with van der Waals surface area (Å²) in [6, 6.07) is 8.30. The van der Waals surface area contributed by atoms with Crippen LogP contribution >= 0.6 is 0 Å². The lowest BCUT2D eigenvalue weighted by atomic mass is 9.91. The number of nitrogens with zero attached hydrogens (tertiary/aromatic N) is 2. The highest BCUT2D eigenvalue weighted by Gasteiger charge is 2.46. The van der Waals surface area contributed by atoms with Crippen molar-refractivity contribution < 1.29 is 19.1 Å². The number of rotatable bonds is 3. The van der Waals surface area contributed by atoms with E-state index < -0.39 is 11.7 Å². The first-order valence-electron chi connectivity index (χ1n) is 9.84. The number of urea groups is 1. The van der Waals surface area contributed by atoms with Gasteiger partial charge in [-0.2, -0.15) is 0 Å². The minimum absolute atomic E-state index is 0.198. The van der Waals surface area contributed by atoms with Crippen LogP contribution in [0.1, 0.15) is 58.6 Å². The van der Waals surface area contributed by atoms with E-state index in [-0.39, 0.29) is 36.5 Å². The summed E-state index contributed by atoms with van der Waals surface area (Å²) in [7, 11) is 0. The van der Waals surface area contributed by atoms with E-state index in [1.54, 1.807) is 25.7 Å². The average Bonchev–Trinajstić information content (AvgIpc) is 2.61. The Balaban J connectivity index is 1.74. The highest BCUT2D eigenvalue weighted by molar-refractivity contribution is 5.98. The van der Waals surface area contributed by atoms with Gasteiger partial charge in [0, 0.05) is 13.0 Å². The number of hydrogen-bond donors (Lipinski definition) is 1. The van der Waals surface area contributed by atoms with Gasteiger partial charge < -0.3 is 15.0 Å². The summed E-state index contributed by atoms with van der Waals surface area (Å²) in [6.07, 6.45) is 1.17. The van der Waals surface area contributed by atoms with Crippen LogP contribution < -0.4 is 5.32 Å². The average molecular weight is 387 g/mol. The van der Waals surface area contributed by atoms with Crippen molar-refractivity contribution in [2.45, 2.75) is 70.7 Å². The monoisotopic (exact) mass is 387 g/mol. The second kappa shape index (κ2) is 7.81. The van der Waals surface area contributed by atoms with Gasteiger partial charge in [-0.15, -0.1) is 0 Å². The number of piperidine rings is 1. The van der Waals surface area contributed by atoms with Crippen molar-refractivity contribution in [1.29, 1.82) is 0 Å². The zero-order valence-corrected chi connectivity index (χ0v) is 17.0. The van der Waals surface area contributed by atoms with Gasteiger partial charge in [0.2, 0.25) is 5.91 Å². The number of amides is 4. The van der Waals surface area contributed by atoms with Gasteiger partial charge in [0.15, 0.2) is 0 Å². The SMILES string of the molecule is C[C@@H](c1ccccc1)N1C(=O)CC2C(NC(=O)OC(C)(C)C)CCCN2C1=O. The summed E-state index contributed by atoms with van der Waals surface area (Å²) in [5.74, 6) is -0.208. The summed E-state index contributed by atoms with van der Waals surface area (Å²) in [6.45, 7) is 7.86. The molecule has 7 heteroatoms. The Morgan fingerprint density at radius 3 is 2.54 bits per heavy atom. The van der Waals surface area contributed by atoms with Gasteiger partial charge in [-0.25, -0.2) is 9.59 Å². The quantitative estimate of drug-likeness (QED) is 0.861. The molecule has 1 aromatic carbocycles. The Morgan fingerprint density at radius 2 is 1.89 bits per heavy atom. The minimum Gasteiger partial charge on any atom is -0.444 e. The predicted molar refractivity (Wildman–Crippen MR) is 105 cm³/mol. The fraction of sp³-hybridized carbons (Fsp3) is 0.571. The van der Waals surface area contributed by atoms with Gasteiger partial charge in [-0.05, 0) is 46.1 Å². The molecule has 4 amide bonds. The largest absolute Gasteiger partial charge is 0.444 e. The number of benzene rings is 1. The predicted octanol–water partition coefficient (Wildman–Crippen LogP) is 3.46. The van der Waals surface area contributed by atoms with Crippen LogP contribution in [0.25, 0.3) is 0 Å². The summed E-state index contributed by atoms with van der Waals surface area (Å²) in [5, 5.41) is 2.87. The molecule has 152 valence electrons. The number of imide groups is 1. The standard InChI is InChI=1S/C21H29N3O4/c1-14(15-9-6-5-7-10-15)24-18(25)13-17-16(11-8-12-23(17)20(24)27)22-19(26)28-21(2,3)4/h5-7,9-10,14,16-17H,8,11-13H2,1-4H3,(H,22,26)/t14-,16?,17?/m0/s1. The van der Waals surface area contributed by atoms with Crippen LogP contribution in [0.4, 0.5) is 9.59 Å². The van der Waals surface area contributed by atoms with Crippen molar-refractivity contribution in [3.63, 3.8) is 0 Å². The maximum absolute atomic E-state index is 13.1. The van der Waals surface area contributed by atoms with Crippen molar-refractivity contribution in [3.05, 3.63) is 35.9 Å². The lowest BCUT2D eigenvalue weighted by Gasteiger charge is -2.47. The number of fused-ring (bicyclic) bond motifs is 1. The van der Waals surface area contributed by atoms with E-state index in [1.807, 2.05) is 37.3 Å². The normalized spacial score (nSPS) is 23.9. The van der Waals surface area contributed by atoms with E-state index in [1.165, 1.54) is 4.90 Å². The minimum atomic E-state index is -0.599. The third kappa shape index (κ3) is 4.29. The third-order valence-electron chi connectivity index (χ3n) is 5.25. The van der Waals surface area contributed by atoms with Gasteiger partial charge in [0.1, 0.15) is 5.60 Å². The second-order valence-corrected chi connectivity index (χ2v) is 8.49. The van der Waals surface area contributed by atoms with E-state index in [0.717, 1.165) is 18.4 Å². The lowest BCUT2D eigenvalue weighted by Crippen LogP contribution is -2.65. The number of nitrogens with one attached hydrogen (secondary N) is 1. The smallest absolute Gasteiger partial charge is 0.407 e. The number of carbonyl (C=O) groups excluding carboxylic acids is 3. The van der Waals surface area contributed by atoms with Crippen molar-refractivity contribution in [2.75, 3.05) is 6.54 Å².